The van der Waals surface area contributed by atoms with Crippen molar-refractivity contribution in [1.82, 2.24) is 0 Å². The highest BCUT2D eigenvalue weighted by Crippen LogP contribution is 2.36. The van der Waals surface area contributed by atoms with Crippen LogP contribution in [-0.2, 0) is 9.59 Å². The van der Waals surface area contributed by atoms with Gasteiger partial charge in [-0.1, -0.05) is 6.07 Å². The molecule has 6 nitrogen and oxygen atoms in total. The van der Waals surface area contributed by atoms with E-state index in [0.29, 0.717) is 0 Å². The highest BCUT2D eigenvalue weighted by Gasteiger charge is 2.37. The average Bonchev–Trinajstić information content (AvgIpc) is 2.52. The lowest BCUT2D eigenvalue weighted by Crippen LogP contribution is -2.31. The second kappa shape index (κ2) is 3.89. The lowest BCUT2D eigenvalue weighted by molar-refractivity contribution is -0.136. The summed E-state index contributed by atoms with van der Waals surface area (Å²) in [6.45, 7) is -0.134. The SMILES string of the molecule is O=C(O)CCN1C(=O)C(=O)c2cccc(O)c21. The van der Waals surface area contributed by atoms with Crippen molar-refractivity contribution in [1.29, 1.82) is 0 Å². The molecule has 0 saturated heterocycles. The van der Waals surface area contributed by atoms with E-state index >= 15 is 0 Å². The van der Waals surface area contributed by atoms with Gasteiger partial charge in [0.1, 0.15) is 5.75 Å². The first-order valence-electron chi connectivity index (χ1n) is 4.92. The number of aliphatic carboxylic acids is 1. The van der Waals surface area contributed by atoms with E-state index in [1.807, 2.05) is 0 Å². The maximum Gasteiger partial charge on any atom is 0.305 e. The standard InChI is InChI=1S/C11H9NO5/c13-7-3-1-2-6-9(7)12(5-4-8(14)15)11(17)10(6)16/h1-3,13H,4-5H2,(H,14,15). The quantitative estimate of drug-likeness (QED) is 0.739. The van der Waals surface area contributed by atoms with Crippen LogP contribution in [0.4, 0.5) is 5.69 Å². The van der Waals surface area contributed by atoms with E-state index < -0.39 is 17.7 Å². The lowest BCUT2D eigenvalue weighted by atomic mass is 10.1. The summed E-state index contributed by atoms with van der Waals surface area (Å²) >= 11 is 0. The molecule has 6 heteroatoms. The molecule has 17 heavy (non-hydrogen) atoms. The number of anilines is 1. The number of amides is 1. The monoisotopic (exact) mass is 235 g/mol. The van der Waals surface area contributed by atoms with Gasteiger partial charge in [-0.15, -0.1) is 0 Å². The number of carbonyl (C=O) groups is 3. The number of carboxylic acids is 1. The molecule has 0 unspecified atom stereocenters. The molecule has 1 aromatic rings. The van der Waals surface area contributed by atoms with E-state index in [9.17, 15) is 19.5 Å². The largest absolute Gasteiger partial charge is 0.506 e. The number of para-hydroxylation sites is 1. The van der Waals surface area contributed by atoms with E-state index in [0.717, 1.165) is 4.90 Å². The van der Waals surface area contributed by atoms with Gasteiger partial charge in [0.2, 0.25) is 0 Å². The van der Waals surface area contributed by atoms with Gasteiger partial charge in [0.05, 0.1) is 17.7 Å². The number of fused-ring (bicyclic) bond motifs is 1. The maximum atomic E-state index is 11.6. The van der Waals surface area contributed by atoms with Crippen molar-refractivity contribution in [3.05, 3.63) is 23.8 Å². The number of hydrogen-bond acceptors (Lipinski definition) is 4. The minimum absolute atomic E-state index is 0.101. The summed E-state index contributed by atoms with van der Waals surface area (Å²) < 4.78 is 0. The Bertz CT molecular complexity index is 523. The van der Waals surface area contributed by atoms with Crippen LogP contribution in [-0.4, -0.2) is 34.4 Å². The van der Waals surface area contributed by atoms with E-state index in [1.54, 1.807) is 0 Å². The van der Waals surface area contributed by atoms with Crippen molar-refractivity contribution >= 4 is 23.3 Å². The summed E-state index contributed by atoms with van der Waals surface area (Å²) in [7, 11) is 0. The van der Waals surface area contributed by atoms with E-state index in [-0.39, 0.29) is 30.0 Å². The van der Waals surface area contributed by atoms with Crippen LogP contribution in [0.15, 0.2) is 18.2 Å². The van der Waals surface area contributed by atoms with Crippen LogP contribution < -0.4 is 4.90 Å². The topological polar surface area (TPSA) is 94.9 Å². The summed E-state index contributed by atoms with van der Waals surface area (Å²) in [6.07, 6.45) is -0.285. The zero-order valence-electron chi connectivity index (χ0n) is 8.71. The molecule has 1 heterocycles. The van der Waals surface area contributed by atoms with Gasteiger partial charge in [-0.25, -0.2) is 0 Å². The highest BCUT2D eigenvalue weighted by molar-refractivity contribution is 6.52. The van der Waals surface area contributed by atoms with Crippen LogP contribution in [0.5, 0.6) is 5.75 Å². The molecule has 0 bridgehead atoms. The first-order chi connectivity index (χ1) is 8.02. The number of rotatable bonds is 3. The van der Waals surface area contributed by atoms with Crippen molar-refractivity contribution in [3.63, 3.8) is 0 Å². The Morgan fingerprint density at radius 2 is 2.00 bits per heavy atom. The van der Waals surface area contributed by atoms with Crippen LogP contribution in [0.2, 0.25) is 0 Å². The summed E-state index contributed by atoms with van der Waals surface area (Å²) in [5.41, 5.74) is 0.212. The Morgan fingerprint density at radius 1 is 1.29 bits per heavy atom. The van der Waals surface area contributed by atoms with E-state index in [2.05, 4.69) is 0 Å². The fraction of sp³-hybridized carbons (Fsp3) is 0.182. The molecule has 88 valence electrons. The van der Waals surface area contributed by atoms with Crippen LogP contribution in [0.3, 0.4) is 0 Å². The number of aromatic hydroxyl groups is 1. The van der Waals surface area contributed by atoms with E-state index in [1.165, 1.54) is 18.2 Å². The summed E-state index contributed by atoms with van der Waals surface area (Å²) in [5, 5.41) is 18.2. The minimum atomic E-state index is -1.07. The number of hydrogen-bond donors (Lipinski definition) is 2. The number of phenolic OH excluding ortho intramolecular Hbond substituents is 1. The molecular formula is C11H9NO5. The number of nitrogens with zero attached hydrogens (tertiary/aromatic N) is 1. The van der Waals surface area contributed by atoms with Crippen molar-refractivity contribution in [2.45, 2.75) is 6.42 Å². The lowest BCUT2D eigenvalue weighted by Gasteiger charge is -2.15. The van der Waals surface area contributed by atoms with Crippen molar-refractivity contribution < 1.29 is 24.6 Å². The first-order valence-corrected chi connectivity index (χ1v) is 4.92. The van der Waals surface area contributed by atoms with Gasteiger partial charge in [-0.05, 0) is 12.1 Å². The molecule has 2 N–H and O–H groups in total. The molecule has 1 aliphatic heterocycles. The Kier molecular flexibility index (Phi) is 2.55. The number of phenols is 1. The van der Waals surface area contributed by atoms with Crippen molar-refractivity contribution in [2.24, 2.45) is 0 Å². The normalized spacial score (nSPS) is 14.0. The zero-order chi connectivity index (χ0) is 12.6. The molecule has 0 fully saturated rings. The van der Waals surface area contributed by atoms with Gasteiger partial charge in [-0.2, -0.15) is 0 Å². The Labute approximate surface area is 96.1 Å². The third kappa shape index (κ3) is 1.73. The number of Topliss-reactive ketones (excluding diaryl/α,β-unsaturated/α-hetero) is 1. The molecule has 1 aromatic carbocycles. The van der Waals surface area contributed by atoms with Gasteiger partial charge in [0.15, 0.2) is 0 Å². The molecule has 2 rings (SSSR count). The average molecular weight is 235 g/mol. The van der Waals surface area contributed by atoms with Crippen LogP contribution in [0.1, 0.15) is 16.8 Å². The minimum Gasteiger partial charge on any atom is -0.506 e. The number of benzene rings is 1. The van der Waals surface area contributed by atoms with Crippen molar-refractivity contribution in [2.75, 3.05) is 11.4 Å². The van der Waals surface area contributed by atoms with Gasteiger partial charge < -0.3 is 15.1 Å². The molecular weight excluding hydrogens is 226 g/mol. The molecule has 0 aliphatic carbocycles. The molecule has 1 amide bonds. The van der Waals surface area contributed by atoms with Crippen LogP contribution in [0.25, 0.3) is 0 Å². The fourth-order valence-corrected chi connectivity index (χ4v) is 1.76. The molecule has 0 spiro atoms. The molecule has 0 aromatic heterocycles. The Morgan fingerprint density at radius 3 is 2.65 bits per heavy atom. The predicted molar refractivity (Wildman–Crippen MR) is 57.0 cm³/mol. The third-order valence-corrected chi connectivity index (χ3v) is 2.52. The first kappa shape index (κ1) is 11.1. The van der Waals surface area contributed by atoms with Crippen molar-refractivity contribution in [3.8, 4) is 5.75 Å². The fourth-order valence-electron chi connectivity index (χ4n) is 1.76. The van der Waals surface area contributed by atoms with Gasteiger partial charge in [-0.3, -0.25) is 14.4 Å². The Hall–Kier alpha value is -2.37. The number of carboxylic acid groups (broad SMARTS) is 1. The predicted octanol–water partition coefficient (Wildman–Crippen LogP) is 0.396. The molecule has 0 saturated carbocycles. The third-order valence-electron chi connectivity index (χ3n) is 2.52. The van der Waals surface area contributed by atoms with Gasteiger partial charge in [0.25, 0.3) is 11.7 Å². The zero-order valence-corrected chi connectivity index (χ0v) is 8.71. The van der Waals surface area contributed by atoms with Gasteiger partial charge in [0, 0.05) is 6.54 Å². The smallest absolute Gasteiger partial charge is 0.305 e. The second-order valence-electron chi connectivity index (χ2n) is 3.60. The highest BCUT2D eigenvalue weighted by atomic mass is 16.4. The van der Waals surface area contributed by atoms with E-state index in [4.69, 9.17) is 5.11 Å². The maximum absolute atomic E-state index is 11.6. The molecule has 0 atom stereocenters. The number of carbonyl (C=O) groups excluding carboxylic acids is 2. The van der Waals surface area contributed by atoms with Crippen LogP contribution >= 0.6 is 0 Å². The number of ketones is 1. The molecule has 1 aliphatic rings. The summed E-state index contributed by atoms with van der Waals surface area (Å²) in [4.78, 5) is 34.6. The summed E-state index contributed by atoms with van der Waals surface area (Å²) in [5.74, 6) is -2.80. The second-order valence-corrected chi connectivity index (χ2v) is 3.60. The summed E-state index contributed by atoms with van der Waals surface area (Å²) in [6, 6.07) is 4.23. The van der Waals surface area contributed by atoms with Crippen LogP contribution in [0, 0.1) is 0 Å². The molecule has 0 radical (unpaired) electrons. The van der Waals surface area contributed by atoms with Gasteiger partial charge >= 0.3 is 5.97 Å². The Balaban J connectivity index is 2.40.